The van der Waals surface area contributed by atoms with Crippen LogP contribution < -0.4 is 0 Å². The Kier molecular flexibility index (Phi) is 5.48. The summed E-state index contributed by atoms with van der Waals surface area (Å²) in [6, 6.07) is 8.62. The molecule has 0 bridgehead atoms. The van der Waals surface area contributed by atoms with Crippen LogP contribution in [-0.2, 0) is 4.74 Å². The molecule has 0 fully saturated rings. The summed E-state index contributed by atoms with van der Waals surface area (Å²) < 4.78 is 5.45. The molecular weight excluding hydrogens is 232 g/mol. The quantitative estimate of drug-likeness (QED) is 0.678. The van der Waals surface area contributed by atoms with Gasteiger partial charge in [-0.3, -0.25) is 0 Å². The Bertz CT molecular complexity index is 347. The molecule has 1 rings (SSSR count). The fourth-order valence-electron chi connectivity index (χ4n) is 1.88. The predicted octanol–water partition coefficient (Wildman–Crippen LogP) is 4.52. The van der Waals surface area contributed by atoms with Crippen LogP contribution in [0.15, 0.2) is 24.3 Å². The lowest BCUT2D eigenvalue weighted by Gasteiger charge is -2.25. The van der Waals surface area contributed by atoms with Crippen LogP contribution in [0.1, 0.15) is 43.7 Å². The molecule has 0 aliphatic carbocycles. The van der Waals surface area contributed by atoms with Gasteiger partial charge in [0, 0.05) is 13.0 Å². The maximum atomic E-state index is 6.09. The van der Waals surface area contributed by atoms with E-state index in [9.17, 15) is 0 Å². The molecule has 1 unspecified atom stereocenters. The highest BCUT2D eigenvalue weighted by Gasteiger charge is 2.19. The molecule has 1 aromatic rings. The molecule has 1 atom stereocenters. The van der Waals surface area contributed by atoms with Crippen molar-refractivity contribution in [1.82, 2.24) is 0 Å². The second kappa shape index (κ2) is 6.42. The van der Waals surface area contributed by atoms with Crippen LogP contribution in [0.4, 0.5) is 0 Å². The van der Waals surface area contributed by atoms with Crippen molar-refractivity contribution in [3.8, 4) is 0 Å². The first-order chi connectivity index (χ1) is 7.98. The first-order valence-electron chi connectivity index (χ1n) is 6.16. The first kappa shape index (κ1) is 14.5. The standard InChI is InChI=1S/C15H23ClO/c1-12-6-5-7-13(10-12)14(11-16)8-9-15(2,3)17-4/h5-7,10,14H,8-9,11H2,1-4H3. The van der Waals surface area contributed by atoms with Gasteiger partial charge in [0.1, 0.15) is 0 Å². The van der Waals surface area contributed by atoms with E-state index in [1.54, 1.807) is 7.11 Å². The Morgan fingerprint density at radius 1 is 1.35 bits per heavy atom. The number of hydrogen-bond donors (Lipinski definition) is 0. The minimum atomic E-state index is -0.0614. The molecule has 0 aliphatic heterocycles. The Labute approximate surface area is 110 Å². The van der Waals surface area contributed by atoms with Crippen molar-refractivity contribution in [2.24, 2.45) is 0 Å². The maximum absolute atomic E-state index is 6.09. The van der Waals surface area contributed by atoms with Crippen molar-refractivity contribution in [3.63, 3.8) is 0 Å². The van der Waals surface area contributed by atoms with Crippen LogP contribution in [0.3, 0.4) is 0 Å². The highest BCUT2D eigenvalue weighted by atomic mass is 35.5. The normalized spacial score (nSPS) is 13.7. The van der Waals surface area contributed by atoms with Gasteiger partial charge in [-0.15, -0.1) is 11.6 Å². The number of benzene rings is 1. The van der Waals surface area contributed by atoms with Crippen molar-refractivity contribution in [3.05, 3.63) is 35.4 Å². The van der Waals surface area contributed by atoms with E-state index in [-0.39, 0.29) is 5.60 Å². The van der Waals surface area contributed by atoms with Gasteiger partial charge in [0.2, 0.25) is 0 Å². The fraction of sp³-hybridized carbons (Fsp3) is 0.600. The van der Waals surface area contributed by atoms with Gasteiger partial charge in [0.15, 0.2) is 0 Å². The minimum absolute atomic E-state index is 0.0614. The highest BCUT2D eigenvalue weighted by Crippen LogP contribution is 2.27. The van der Waals surface area contributed by atoms with Crippen LogP contribution in [0.25, 0.3) is 0 Å². The van der Waals surface area contributed by atoms with Gasteiger partial charge in [-0.25, -0.2) is 0 Å². The third-order valence-electron chi connectivity index (χ3n) is 3.35. The van der Waals surface area contributed by atoms with Gasteiger partial charge in [0.25, 0.3) is 0 Å². The SMILES string of the molecule is COC(C)(C)CCC(CCl)c1cccc(C)c1. The zero-order valence-electron chi connectivity index (χ0n) is 11.3. The summed E-state index contributed by atoms with van der Waals surface area (Å²) in [5.74, 6) is 1.09. The number of hydrogen-bond acceptors (Lipinski definition) is 1. The highest BCUT2D eigenvalue weighted by molar-refractivity contribution is 6.18. The first-order valence-corrected chi connectivity index (χ1v) is 6.69. The largest absolute Gasteiger partial charge is 0.379 e. The lowest BCUT2D eigenvalue weighted by molar-refractivity contribution is 0.0128. The molecule has 0 spiro atoms. The lowest BCUT2D eigenvalue weighted by Crippen LogP contribution is -2.23. The average molecular weight is 255 g/mol. The van der Waals surface area contributed by atoms with Crippen LogP contribution in [0.2, 0.25) is 0 Å². The van der Waals surface area contributed by atoms with E-state index in [1.807, 2.05) is 0 Å². The van der Waals surface area contributed by atoms with Crippen LogP contribution in [-0.4, -0.2) is 18.6 Å². The molecule has 0 saturated carbocycles. The smallest absolute Gasteiger partial charge is 0.0623 e. The summed E-state index contributed by atoms with van der Waals surface area (Å²) in [6.45, 7) is 6.36. The summed E-state index contributed by atoms with van der Waals surface area (Å²) >= 11 is 6.09. The third-order valence-corrected chi connectivity index (χ3v) is 3.72. The van der Waals surface area contributed by atoms with E-state index in [1.165, 1.54) is 11.1 Å². The zero-order valence-corrected chi connectivity index (χ0v) is 12.1. The Morgan fingerprint density at radius 2 is 2.06 bits per heavy atom. The van der Waals surface area contributed by atoms with Gasteiger partial charge in [-0.05, 0) is 45.1 Å². The number of ether oxygens (including phenoxy) is 1. The molecule has 0 aromatic heterocycles. The van der Waals surface area contributed by atoms with Crippen molar-refractivity contribution >= 4 is 11.6 Å². The molecule has 0 aliphatic rings. The second-order valence-corrected chi connectivity index (χ2v) is 5.58. The fourth-order valence-corrected chi connectivity index (χ4v) is 2.21. The summed E-state index contributed by atoms with van der Waals surface area (Å²) in [5, 5.41) is 0. The number of alkyl halides is 1. The Balaban J connectivity index is 2.66. The predicted molar refractivity (Wildman–Crippen MR) is 75.0 cm³/mol. The van der Waals surface area contributed by atoms with Crippen LogP contribution >= 0.6 is 11.6 Å². The molecule has 1 nitrogen and oxygen atoms in total. The lowest BCUT2D eigenvalue weighted by atomic mass is 9.90. The monoisotopic (exact) mass is 254 g/mol. The molecule has 0 N–H and O–H groups in total. The topological polar surface area (TPSA) is 9.23 Å². The van der Waals surface area contributed by atoms with Crippen molar-refractivity contribution in [2.45, 2.75) is 45.1 Å². The molecule has 0 saturated heterocycles. The van der Waals surface area contributed by atoms with E-state index in [2.05, 4.69) is 45.0 Å². The Hall–Kier alpha value is -0.530. The molecule has 2 heteroatoms. The van der Waals surface area contributed by atoms with Gasteiger partial charge >= 0.3 is 0 Å². The van der Waals surface area contributed by atoms with Crippen molar-refractivity contribution < 1.29 is 4.74 Å². The van der Waals surface area contributed by atoms with E-state index >= 15 is 0 Å². The average Bonchev–Trinajstić information content (AvgIpc) is 2.30. The van der Waals surface area contributed by atoms with Crippen molar-refractivity contribution in [2.75, 3.05) is 13.0 Å². The molecule has 96 valence electrons. The van der Waals surface area contributed by atoms with E-state index in [4.69, 9.17) is 16.3 Å². The van der Waals surface area contributed by atoms with E-state index in [0.717, 1.165) is 12.8 Å². The number of methoxy groups -OCH3 is 1. The summed E-state index contributed by atoms with van der Waals surface area (Å²) in [7, 11) is 1.77. The zero-order chi connectivity index (χ0) is 12.9. The molecular formula is C15H23ClO. The van der Waals surface area contributed by atoms with E-state index < -0.39 is 0 Å². The number of aryl methyl sites for hydroxylation is 1. The van der Waals surface area contributed by atoms with Crippen LogP contribution in [0.5, 0.6) is 0 Å². The van der Waals surface area contributed by atoms with Gasteiger partial charge < -0.3 is 4.74 Å². The summed E-state index contributed by atoms with van der Waals surface area (Å²) in [4.78, 5) is 0. The van der Waals surface area contributed by atoms with E-state index in [0.29, 0.717) is 11.8 Å². The van der Waals surface area contributed by atoms with Gasteiger partial charge in [-0.1, -0.05) is 29.8 Å². The molecule has 0 radical (unpaired) electrons. The third kappa shape index (κ3) is 4.69. The summed E-state index contributed by atoms with van der Waals surface area (Å²) in [5.41, 5.74) is 2.57. The Morgan fingerprint density at radius 3 is 2.59 bits per heavy atom. The molecule has 17 heavy (non-hydrogen) atoms. The summed E-state index contributed by atoms with van der Waals surface area (Å²) in [6.07, 6.45) is 2.09. The number of rotatable bonds is 6. The molecule has 0 amide bonds. The minimum Gasteiger partial charge on any atom is -0.379 e. The van der Waals surface area contributed by atoms with Crippen LogP contribution in [0, 0.1) is 6.92 Å². The molecule has 0 heterocycles. The van der Waals surface area contributed by atoms with Gasteiger partial charge in [0.05, 0.1) is 5.60 Å². The van der Waals surface area contributed by atoms with Gasteiger partial charge in [-0.2, -0.15) is 0 Å². The number of halogens is 1. The second-order valence-electron chi connectivity index (χ2n) is 5.27. The maximum Gasteiger partial charge on any atom is 0.0623 e. The van der Waals surface area contributed by atoms with Crippen molar-refractivity contribution in [1.29, 1.82) is 0 Å². The molecule has 1 aromatic carbocycles.